The molecule has 0 bridgehead atoms. The molecule has 2 N–H and O–H groups in total. The van der Waals surface area contributed by atoms with Crippen molar-refractivity contribution in [1.82, 2.24) is 10.3 Å². The van der Waals surface area contributed by atoms with E-state index in [-0.39, 0.29) is 17.5 Å². The molecule has 0 saturated heterocycles. The van der Waals surface area contributed by atoms with E-state index in [0.717, 1.165) is 30.5 Å². The van der Waals surface area contributed by atoms with E-state index in [4.69, 9.17) is 5.11 Å². The lowest BCUT2D eigenvalue weighted by molar-refractivity contribution is -0.134. The summed E-state index contributed by atoms with van der Waals surface area (Å²) in [6, 6.07) is 3.90. The Morgan fingerprint density at radius 2 is 2.32 bits per heavy atom. The third-order valence-corrected chi connectivity index (χ3v) is 3.15. The SMILES string of the molecule is CC(=O)N/C(=C/C1CCCc2cccnc21)C(=O)O. The van der Waals surface area contributed by atoms with E-state index in [1.54, 1.807) is 12.3 Å². The minimum atomic E-state index is -1.13. The van der Waals surface area contributed by atoms with Gasteiger partial charge in [0.25, 0.3) is 0 Å². The van der Waals surface area contributed by atoms with Crippen molar-refractivity contribution in [1.29, 1.82) is 0 Å². The van der Waals surface area contributed by atoms with Crippen molar-refractivity contribution in [2.24, 2.45) is 0 Å². The van der Waals surface area contributed by atoms with Crippen LogP contribution in [0.4, 0.5) is 0 Å². The van der Waals surface area contributed by atoms with Crippen LogP contribution in [-0.2, 0) is 16.0 Å². The van der Waals surface area contributed by atoms with Crippen LogP contribution in [-0.4, -0.2) is 22.0 Å². The highest BCUT2D eigenvalue weighted by molar-refractivity contribution is 5.92. The zero-order chi connectivity index (χ0) is 13.8. The molecule has 1 aliphatic rings. The van der Waals surface area contributed by atoms with Crippen molar-refractivity contribution in [3.63, 3.8) is 0 Å². The number of amides is 1. The molecule has 1 atom stereocenters. The summed E-state index contributed by atoms with van der Waals surface area (Å²) in [5.41, 5.74) is 2.00. The summed E-state index contributed by atoms with van der Waals surface area (Å²) in [6.07, 6.45) is 6.11. The van der Waals surface area contributed by atoms with E-state index >= 15 is 0 Å². The monoisotopic (exact) mass is 260 g/mol. The molecule has 1 aromatic heterocycles. The van der Waals surface area contributed by atoms with Crippen LogP contribution < -0.4 is 5.32 Å². The van der Waals surface area contributed by atoms with Gasteiger partial charge in [-0.25, -0.2) is 4.79 Å². The number of fused-ring (bicyclic) bond motifs is 1. The lowest BCUT2D eigenvalue weighted by Gasteiger charge is -2.22. The maximum absolute atomic E-state index is 11.1. The summed E-state index contributed by atoms with van der Waals surface area (Å²) >= 11 is 0. The lowest BCUT2D eigenvalue weighted by atomic mass is 9.86. The van der Waals surface area contributed by atoms with Crippen molar-refractivity contribution in [2.45, 2.75) is 32.1 Å². The van der Waals surface area contributed by atoms with E-state index in [1.165, 1.54) is 6.92 Å². The van der Waals surface area contributed by atoms with Gasteiger partial charge in [0.05, 0.1) is 5.69 Å². The molecule has 19 heavy (non-hydrogen) atoms. The van der Waals surface area contributed by atoms with E-state index in [2.05, 4.69) is 10.3 Å². The van der Waals surface area contributed by atoms with E-state index in [0.29, 0.717) is 0 Å². The molecule has 0 fully saturated rings. The predicted molar refractivity (Wildman–Crippen MR) is 69.5 cm³/mol. The molecule has 2 rings (SSSR count). The van der Waals surface area contributed by atoms with Crippen molar-refractivity contribution in [2.75, 3.05) is 0 Å². The molecule has 0 aromatic carbocycles. The smallest absolute Gasteiger partial charge is 0.352 e. The number of carbonyl (C=O) groups is 2. The number of aliphatic carboxylic acids is 1. The van der Waals surface area contributed by atoms with Crippen LogP contribution in [0.15, 0.2) is 30.1 Å². The molecule has 0 aliphatic heterocycles. The molecule has 5 nitrogen and oxygen atoms in total. The lowest BCUT2D eigenvalue weighted by Crippen LogP contribution is -2.26. The molecule has 1 aliphatic carbocycles. The molecule has 0 saturated carbocycles. The zero-order valence-corrected chi connectivity index (χ0v) is 10.7. The zero-order valence-electron chi connectivity index (χ0n) is 10.7. The fourth-order valence-corrected chi connectivity index (χ4v) is 2.36. The number of rotatable bonds is 3. The minimum Gasteiger partial charge on any atom is -0.477 e. The summed E-state index contributed by atoms with van der Waals surface area (Å²) < 4.78 is 0. The summed E-state index contributed by atoms with van der Waals surface area (Å²) in [7, 11) is 0. The quantitative estimate of drug-likeness (QED) is 0.809. The van der Waals surface area contributed by atoms with Crippen LogP contribution in [0.3, 0.4) is 0 Å². The third kappa shape index (κ3) is 3.19. The first-order chi connectivity index (χ1) is 9.08. The molecule has 0 spiro atoms. The van der Waals surface area contributed by atoms with Crippen LogP contribution in [0.2, 0.25) is 0 Å². The first-order valence-corrected chi connectivity index (χ1v) is 6.24. The minimum absolute atomic E-state index is 0.0529. The average molecular weight is 260 g/mol. The van der Waals surface area contributed by atoms with Crippen LogP contribution >= 0.6 is 0 Å². The van der Waals surface area contributed by atoms with Crippen LogP contribution in [0, 0.1) is 0 Å². The second-order valence-electron chi connectivity index (χ2n) is 4.61. The Kier molecular flexibility index (Phi) is 3.94. The Morgan fingerprint density at radius 1 is 1.53 bits per heavy atom. The van der Waals surface area contributed by atoms with Gasteiger partial charge in [0.15, 0.2) is 0 Å². The normalized spacial score (nSPS) is 18.6. The van der Waals surface area contributed by atoms with Crippen LogP contribution in [0.5, 0.6) is 0 Å². The Morgan fingerprint density at radius 3 is 3.00 bits per heavy atom. The Balaban J connectivity index is 2.31. The van der Waals surface area contributed by atoms with Crippen LogP contribution in [0.1, 0.15) is 36.9 Å². The van der Waals surface area contributed by atoms with Gasteiger partial charge in [-0.1, -0.05) is 6.07 Å². The molecular formula is C14H16N2O3. The number of aromatic nitrogens is 1. The van der Waals surface area contributed by atoms with E-state index in [9.17, 15) is 9.59 Å². The largest absolute Gasteiger partial charge is 0.477 e. The van der Waals surface area contributed by atoms with Crippen molar-refractivity contribution < 1.29 is 14.7 Å². The highest BCUT2D eigenvalue weighted by Crippen LogP contribution is 2.31. The van der Waals surface area contributed by atoms with Crippen molar-refractivity contribution in [3.8, 4) is 0 Å². The molecule has 1 heterocycles. The standard InChI is InChI=1S/C14H16N2O3/c1-9(17)16-12(14(18)19)8-11-5-2-4-10-6-3-7-15-13(10)11/h3,6-8,11H,2,4-5H2,1H3,(H,16,17)(H,18,19)/b12-8+. The van der Waals surface area contributed by atoms with Gasteiger partial charge in [0.1, 0.15) is 5.70 Å². The van der Waals surface area contributed by atoms with Gasteiger partial charge in [-0.15, -0.1) is 0 Å². The average Bonchev–Trinajstić information content (AvgIpc) is 2.37. The number of nitrogens with one attached hydrogen (secondary N) is 1. The number of carboxylic acid groups (broad SMARTS) is 1. The van der Waals surface area contributed by atoms with Crippen molar-refractivity contribution in [3.05, 3.63) is 41.4 Å². The number of hydrogen-bond donors (Lipinski definition) is 2. The number of carboxylic acids is 1. The van der Waals surface area contributed by atoms with Crippen molar-refractivity contribution >= 4 is 11.9 Å². The molecule has 0 radical (unpaired) electrons. The summed E-state index contributed by atoms with van der Waals surface area (Å²) in [4.78, 5) is 26.5. The van der Waals surface area contributed by atoms with Gasteiger partial charge in [0.2, 0.25) is 5.91 Å². The molecule has 100 valence electrons. The fraction of sp³-hybridized carbons (Fsp3) is 0.357. The second kappa shape index (κ2) is 5.65. The molecular weight excluding hydrogens is 244 g/mol. The predicted octanol–water partition coefficient (Wildman–Crippen LogP) is 1.61. The van der Waals surface area contributed by atoms with Crippen LogP contribution in [0.25, 0.3) is 0 Å². The van der Waals surface area contributed by atoms with E-state index in [1.807, 2.05) is 12.1 Å². The maximum Gasteiger partial charge on any atom is 0.352 e. The summed E-state index contributed by atoms with van der Waals surface area (Å²) in [5, 5.41) is 11.4. The summed E-state index contributed by atoms with van der Waals surface area (Å²) in [5.74, 6) is -1.56. The first-order valence-electron chi connectivity index (χ1n) is 6.24. The molecule has 1 unspecified atom stereocenters. The molecule has 5 heteroatoms. The number of carbonyl (C=O) groups excluding carboxylic acids is 1. The number of aryl methyl sites for hydroxylation is 1. The Hall–Kier alpha value is -2.17. The third-order valence-electron chi connectivity index (χ3n) is 3.15. The van der Waals surface area contributed by atoms with Gasteiger partial charge < -0.3 is 10.4 Å². The van der Waals surface area contributed by atoms with Gasteiger partial charge in [-0.05, 0) is 37.0 Å². The van der Waals surface area contributed by atoms with Gasteiger partial charge in [-0.2, -0.15) is 0 Å². The summed E-state index contributed by atoms with van der Waals surface area (Å²) in [6.45, 7) is 1.30. The Bertz CT molecular complexity index is 537. The number of hydrogen-bond acceptors (Lipinski definition) is 3. The maximum atomic E-state index is 11.1. The molecule has 1 aromatic rings. The topological polar surface area (TPSA) is 79.3 Å². The highest BCUT2D eigenvalue weighted by atomic mass is 16.4. The first kappa shape index (κ1) is 13.3. The Labute approximate surface area is 111 Å². The van der Waals surface area contributed by atoms with Gasteiger partial charge >= 0.3 is 5.97 Å². The molecule has 1 amide bonds. The fourth-order valence-electron chi connectivity index (χ4n) is 2.36. The van der Waals surface area contributed by atoms with Gasteiger partial charge in [0, 0.05) is 19.0 Å². The van der Waals surface area contributed by atoms with E-state index < -0.39 is 5.97 Å². The number of pyridine rings is 1. The second-order valence-corrected chi connectivity index (χ2v) is 4.61. The highest BCUT2D eigenvalue weighted by Gasteiger charge is 2.21. The number of nitrogens with zero attached hydrogens (tertiary/aromatic N) is 1. The van der Waals surface area contributed by atoms with Gasteiger partial charge in [-0.3, -0.25) is 9.78 Å². The number of allylic oxidation sites excluding steroid dienone is 1.